The van der Waals surface area contributed by atoms with E-state index in [4.69, 9.17) is 14.3 Å². The lowest BCUT2D eigenvalue weighted by molar-refractivity contribution is -0.684. The van der Waals surface area contributed by atoms with Gasteiger partial charge in [-0.2, -0.15) is 4.57 Å². The van der Waals surface area contributed by atoms with Gasteiger partial charge < -0.3 is 19.2 Å². The minimum Gasteiger partial charge on any atom is -0.481 e. The van der Waals surface area contributed by atoms with Crippen LogP contribution in [-0.4, -0.2) is 17.6 Å². The molecule has 1 aliphatic heterocycles. The van der Waals surface area contributed by atoms with Crippen LogP contribution >= 0.6 is 0 Å². The molecule has 3 aromatic rings. The first-order chi connectivity index (χ1) is 15.2. The molecule has 0 saturated heterocycles. The first-order valence-electron chi connectivity index (χ1n) is 10.8. The Morgan fingerprint density at radius 2 is 1.94 bits per heavy atom. The Kier molecular flexibility index (Phi) is 6.39. The summed E-state index contributed by atoms with van der Waals surface area (Å²) in [5.41, 5.74) is 6.25. The van der Waals surface area contributed by atoms with E-state index in [1.165, 1.54) is 0 Å². The summed E-state index contributed by atoms with van der Waals surface area (Å²) in [6, 6.07) is 16.0. The quantitative estimate of drug-likeness (QED) is 0.306. The smallest absolute Gasteiger partial charge is 0.352 e. The molecule has 2 heterocycles. The van der Waals surface area contributed by atoms with Gasteiger partial charge in [0.2, 0.25) is 11.5 Å². The molecule has 0 spiro atoms. The number of para-hydroxylation sites is 4. The summed E-state index contributed by atoms with van der Waals surface area (Å²) in [5.74, 6) is 1.66. The van der Waals surface area contributed by atoms with Gasteiger partial charge in [0, 0.05) is 25.5 Å². The topological polar surface area (TPSA) is 66.8 Å². The molecule has 1 N–H and O–H groups in total. The number of fused-ring (bicyclic) bond motifs is 2. The summed E-state index contributed by atoms with van der Waals surface area (Å²) in [5, 5.41) is 8.82. The maximum atomic E-state index is 10.7. The van der Waals surface area contributed by atoms with Crippen molar-refractivity contribution >= 4 is 22.8 Å². The van der Waals surface area contributed by atoms with Crippen molar-refractivity contribution in [2.24, 2.45) is 0 Å². The van der Waals surface area contributed by atoms with Gasteiger partial charge in [0.1, 0.15) is 0 Å². The Morgan fingerprint density at radius 3 is 2.77 bits per heavy atom. The molecule has 1 aliphatic rings. The molecule has 0 amide bonds. The molecule has 1 aromatic heterocycles. The summed E-state index contributed by atoms with van der Waals surface area (Å²) in [6.45, 7) is 3.68. The Hall–Kier alpha value is -3.50. The fourth-order valence-corrected chi connectivity index (χ4v) is 3.88. The summed E-state index contributed by atoms with van der Waals surface area (Å²) < 4.78 is 14.3. The molecule has 4 rings (SSSR count). The number of ether oxygens (including phenoxy) is 1. The van der Waals surface area contributed by atoms with Gasteiger partial charge in [0.25, 0.3) is 5.52 Å². The van der Waals surface area contributed by atoms with Crippen LogP contribution in [0.15, 0.2) is 70.6 Å². The number of nitrogens with zero attached hydrogens (tertiary/aromatic N) is 2. The molecule has 0 fully saturated rings. The first kappa shape index (κ1) is 20.8. The molecule has 2 aromatic carbocycles. The fourth-order valence-electron chi connectivity index (χ4n) is 3.88. The maximum absolute atomic E-state index is 10.7. The van der Waals surface area contributed by atoms with Crippen molar-refractivity contribution in [2.75, 3.05) is 11.4 Å². The van der Waals surface area contributed by atoms with Gasteiger partial charge in [-0.15, -0.1) is 0 Å². The van der Waals surface area contributed by atoms with Gasteiger partial charge in [-0.25, -0.2) is 0 Å². The molecule has 0 bridgehead atoms. The van der Waals surface area contributed by atoms with Crippen molar-refractivity contribution in [3.63, 3.8) is 0 Å². The normalized spacial score (nSPS) is 12.5. The van der Waals surface area contributed by atoms with Crippen LogP contribution in [0.25, 0.3) is 11.1 Å². The number of aryl methyl sites for hydroxylation is 1. The van der Waals surface area contributed by atoms with Crippen LogP contribution in [0.3, 0.4) is 0 Å². The zero-order valence-electron chi connectivity index (χ0n) is 17.7. The van der Waals surface area contributed by atoms with E-state index in [9.17, 15) is 4.79 Å². The lowest BCUT2D eigenvalue weighted by Gasteiger charge is -2.13. The van der Waals surface area contributed by atoms with Gasteiger partial charge in [-0.05, 0) is 44.0 Å². The minimum atomic E-state index is -0.738. The van der Waals surface area contributed by atoms with Crippen LogP contribution < -0.4 is 14.2 Å². The molecule has 0 radical (unpaired) electrons. The third kappa shape index (κ3) is 4.65. The molecule has 0 atom stereocenters. The number of carboxylic acid groups (broad SMARTS) is 1. The highest BCUT2D eigenvalue weighted by Gasteiger charge is 2.24. The fraction of sp³-hybridized carbons (Fsp3) is 0.320. The number of hydrogen-bond acceptors (Lipinski definition) is 4. The number of rotatable bonds is 9. The highest BCUT2D eigenvalue weighted by Crippen LogP contribution is 2.37. The number of aromatic nitrogens is 1. The SMILES string of the molecule is CCN1C(=C=CCc2oc3ccccc3[n+]2CCCCCC(=O)O)Oc2ccccc21. The second kappa shape index (κ2) is 9.54. The molecule has 0 saturated carbocycles. The lowest BCUT2D eigenvalue weighted by atomic mass is 10.2. The lowest BCUT2D eigenvalue weighted by Crippen LogP contribution is -2.36. The number of carbonyl (C=O) groups is 1. The van der Waals surface area contributed by atoms with E-state index in [0.717, 1.165) is 54.4 Å². The van der Waals surface area contributed by atoms with Crippen molar-refractivity contribution in [2.45, 2.75) is 45.6 Å². The standard InChI is InChI=1S/C25H26N2O4/c1-2-26-19-11-5-7-13-21(19)30-23(26)15-10-16-24-27(18-9-3-4-17-25(28)29)20-12-6-8-14-22(20)31-24/h5-8,10-14H,2-4,9,16-18H2,1H3/p+1. The highest BCUT2D eigenvalue weighted by atomic mass is 16.5. The van der Waals surface area contributed by atoms with E-state index < -0.39 is 5.97 Å². The molecule has 0 unspecified atom stereocenters. The van der Waals surface area contributed by atoms with E-state index in [2.05, 4.69) is 28.2 Å². The van der Waals surface area contributed by atoms with E-state index >= 15 is 0 Å². The average molecular weight is 420 g/mol. The summed E-state index contributed by atoms with van der Waals surface area (Å²) in [7, 11) is 0. The highest BCUT2D eigenvalue weighted by molar-refractivity contribution is 5.68. The molecule has 160 valence electrons. The van der Waals surface area contributed by atoms with Crippen molar-refractivity contribution in [1.82, 2.24) is 0 Å². The van der Waals surface area contributed by atoms with Crippen molar-refractivity contribution in [1.29, 1.82) is 0 Å². The predicted molar refractivity (Wildman–Crippen MR) is 118 cm³/mol. The van der Waals surface area contributed by atoms with E-state index in [1.807, 2.05) is 48.5 Å². The van der Waals surface area contributed by atoms with Crippen LogP contribution in [0, 0.1) is 0 Å². The van der Waals surface area contributed by atoms with Crippen molar-refractivity contribution in [3.05, 3.63) is 72.1 Å². The summed E-state index contributed by atoms with van der Waals surface area (Å²) in [6.07, 6.45) is 5.22. The third-order valence-corrected chi connectivity index (χ3v) is 5.38. The molecule has 31 heavy (non-hydrogen) atoms. The zero-order valence-corrected chi connectivity index (χ0v) is 17.7. The third-order valence-electron chi connectivity index (χ3n) is 5.38. The molecular formula is C25H27N2O4+. The van der Waals surface area contributed by atoms with Crippen LogP contribution in [0.4, 0.5) is 5.69 Å². The predicted octanol–water partition coefficient (Wildman–Crippen LogP) is 4.82. The first-order valence-corrected chi connectivity index (χ1v) is 10.8. The van der Waals surface area contributed by atoms with Crippen molar-refractivity contribution in [3.8, 4) is 5.75 Å². The molecule has 0 aliphatic carbocycles. The number of allylic oxidation sites excluding steroid dienone is 1. The number of carboxylic acids is 1. The average Bonchev–Trinajstić information content (AvgIpc) is 3.31. The Bertz CT molecular complexity index is 1140. The largest absolute Gasteiger partial charge is 0.481 e. The summed E-state index contributed by atoms with van der Waals surface area (Å²) >= 11 is 0. The Morgan fingerprint density at radius 1 is 1.13 bits per heavy atom. The van der Waals surface area contributed by atoms with E-state index in [1.54, 1.807) is 0 Å². The van der Waals surface area contributed by atoms with E-state index in [0.29, 0.717) is 18.7 Å². The zero-order chi connectivity index (χ0) is 21.6. The molecule has 6 nitrogen and oxygen atoms in total. The van der Waals surface area contributed by atoms with Gasteiger partial charge in [0.15, 0.2) is 12.3 Å². The summed E-state index contributed by atoms with van der Waals surface area (Å²) in [4.78, 5) is 12.8. The number of oxazole rings is 1. The molecule has 6 heteroatoms. The maximum Gasteiger partial charge on any atom is 0.352 e. The Balaban J connectivity index is 1.52. The number of anilines is 1. The molecular weight excluding hydrogens is 392 g/mol. The number of hydrogen-bond donors (Lipinski definition) is 1. The van der Waals surface area contributed by atoms with Gasteiger partial charge in [-0.1, -0.05) is 30.0 Å². The van der Waals surface area contributed by atoms with Gasteiger partial charge in [0.05, 0.1) is 12.1 Å². The van der Waals surface area contributed by atoms with Crippen molar-refractivity contribution < 1.29 is 23.6 Å². The van der Waals surface area contributed by atoms with E-state index in [-0.39, 0.29) is 6.42 Å². The monoisotopic (exact) mass is 419 g/mol. The number of unbranched alkanes of at least 4 members (excludes halogenated alkanes) is 2. The van der Waals surface area contributed by atoms with Crippen LogP contribution in [-0.2, 0) is 17.8 Å². The second-order valence-corrected chi connectivity index (χ2v) is 7.49. The minimum absolute atomic E-state index is 0.219. The second-order valence-electron chi connectivity index (χ2n) is 7.49. The number of aliphatic carboxylic acids is 1. The number of benzene rings is 2. The van der Waals surface area contributed by atoms with Gasteiger partial charge in [-0.3, -0.25) is 4.79 Å². The van der Waals surface area contributed by atoms with Crippen LogP contribution in [0.5, 0.6) is 5.75 Å². The van der Waals surface area contributed by atoms with Crippen LogP contribution in [0.2, 0.25) is 0 Å². The van der Waals surface area contributed by atoms with Crippen LogP contribution in [0.1, 0.15) is 38.5 Å². The van der Waals surface area contributed by atoms with Gasteiger partial charge >= 0.3 is 11.9 Å². The Labute approximate surface area is 181 Å².